The summed E-state index contributed by atoms with van der Waals surface area (Å²) >= 11 is 6.36. The molecule has 0 radical (unpaired) electrons. The SMILES string of the molecule is Oc1ccc(C2C3CC4CC(C3)CC2C4)c(Cl)c1. The van der Waals surface area contributed by atoms with E-state index in [0.717, 1.165) is 28.7 Å². The fourth-order valence-corrected chi connectivity index (χ4v) is 5.52. The molecular formula is C16H19ClO. The average Bonchev–Trinajstić information content (AvgIpc) is 2.30. The summed E-state index contributed by atoms with van der Waals surface area (Å²) in [5, 5.41) is 10.3. The maximum absolute atomic E-state index is 9.50. The summed E-state index contributed by atoms with van der Waals surface area (Å²) in [6, 6.07) is 5.57. The lowest BCUT2D eigenvalue weighted by Gasteiger charge is -2.54. The molecule has 0 atom stereocenters. The van der Waals surface area contributed by atoms with Gasteiger partial charge in [0, 0.05) is 5.02 Å². The third-order valence-corrected chi connectivity index (χ3v) is 5.90. The lowest BCUT2D eigenvalue weighted by molar-refractivity contribution is -0.00276. The number of phenolic OH excluding ortho intramolecular Hbond substituents is 1. The van der Waals surface area contributed by atoms with Crippen molar-refractivity contribution in [2.24, 2.45) is 23.7 Å². The van der Waals surface area contributed by atoms with E-state index in [1.54, 1.807) is 12.1 Å². The summed E-state index contributed by atoms with van der Waals surface area (Å²) in [6.45, 7) is 0. The summed E-state index contributed by atoms with van der Waals surface area (Å²) in [4.78, 5) is 0. The van der Waals surface area contributed by atoms with E-state index in [9.17, 15) is 5.11 Å². The Morgan fingerprint density at radius 1 is 0.944 bits per heavy atom. The number of phenols is 1. The number of hydrogen-bond donors (Lipinski definition) is 1. The molecule has 4 bridgehead atoms. The number of hydrogen-bond acceptors (Lipinski definition) is 1. The van der Waals surface area contributed by atoms with E-state index < -0.39 is 0 Å². The van der Waals surface area contributed by atoms with Gasteiger partial charge in [0.1, 0.15) is 5.75 Å². The fourth-order valence-electron chi connectivity index (χ4n) is 5.22. The van der Waals surface area contributed by atoms with Crippen LogP contribution in [-0.2, 0) is 0 Å². The third kappa shape index (κ3) is 1.60. The van der Waals surface area contributed by atoms with E-state index in [1.807, 2.05) is 0 Å². The maximum Gasteiger partial charge on any atom is 0.117 e. The minimum atomic E-state index is 0.285. The van der Waals surface area contributed by atoms with E-state index in [0.29, 0.717) is 5.92 Å². The zero-order chi connectivity index (χ0) is 12.3. The molecule has 0 aliphatic heterocycles. The van der Waals surface area contributed by atoms with Crippen molar-refractivity contribution in [1.29, 1.82) is 0 Å². The van der Waals surface area contributed by atoms with Gasteiger partial charge in [0.15, 0.2) is 0 Å². The summed E-state index contributed by atoms with van der Waals surface area (Å²) in [5.74, 6) is 4.64. The van der Waals surface area contributed by atoms with Crippen molar-refractivity contribution < 1.29 is 5.11 Å². The summed E-state index contributed by atoms with van der Waals surface area (Å²) in [7, 11) is 0. The highest BCUT2D eigenvalue weighted by atomic mass is 35.5. The van der Waals surface area contributed by atoms with Crippen LogP contribution >= 0.6 is 11.6 Å². The molecule has 4 aliphatic carbocycles. The normalized spacial score (nSPS) is 41.3. The Hall–Kier alpha value is -0.690. The molecular weight excluding hydrogens is 244 g/mol. The molecule has 4 saturated carbocycles. The van der Waals surface area contributed by atoms with Gasteiger partial charge >= 0.3 is 0 Å². The molecule has 2 heteroatoms. The van der Waals surface area contributed by atoms with Crippen LogP contribution in [0.3, 0.4) is 0 Å². The van der Waals surface area contributed by atoms with Crippen molar-refractivity contribution >= 4 is 11.6 Å². The van der Waals surface area contributed by atoms with Gasteiger partial charge in [0.2, 0.25) is 0 Å². The highest BCUT2D eigenvalue weighted by molar-refractivity contribution is 6.31. The van der Waals surface area contributed by atoms with Gasteiger partial charge < -0.3 is 5.11 Å². The monoisotopic (exact) mass is 262 g/mol. The Bertz CT molecular complexity index is 454. The van der Waals surface area contributed by atoms with Crippen LogP contribution in [-0.4, -0.2) is 5.11 Å². The first-order chi connectivity index (χ1) is 8.70. The lowest BCUT2D eigenvalue weighted by atomic mass is 9.51. The Morgan fingerprint density at radius 2 is 1.56 bits per heavy atom. The van der Waals surface area contributed by atoms with Crippen LogP contribution in [0, 0.1) is 23.7 Å². The van der Waals surface area contributed by atoms with Gasteiger partial charge in [-0.1, -0.05) is 17.7 Å². The lowest BCUT2D eigenvalue weighted by Crippen LogP contribution is -2.43. The third-order valence-electron chi connectivity index (χ3n) is 5.57. The smallest absolute Gasteiger partial charge is 0.117 e. The van der Waals surface area contributed by atoms with Gasteiger partial charge in [-0.3, -0.25) is 0 Å². The Kier molecular flexibility index (Phi) is 2.42. The van der Waals surface area contributed by atoms with Crippen LogP contribution in [0.25, 0.3) is 0 Å². The van der Waals surface area contributed by atoms with Crippen molar-refractivity contribution in [1.82, 2.24) is 0 Å². The molecule has 0 aromatic heterocycles. The molecule has 1 N–H and O–H groups in total. The Labute approximate surface area is 113 Å². The quantitative estimate of drug-likeness (QED) is 0.785. The van der Waals surface area contributed by atoms with E-state index >= 15 is 0 Å². The highest BCUT2D eigenvalue weighted by Crippen LogP contribution is 2.60. The summed E-state index contributed by atoms with van der Waals surface area (Å²) < 4.78 is 0. The van der Waals surface area contributed by atoms with E-state index in [1.165, 1.54) is 37.7 Å². The van der Waals surface area contributed by atoms with E-state index in [2.05, 4.69) is 6.07 Å². The van der Waals surface area contributed by atoms with Crippen molar-refractivity contribution in [2.45, 2.75) is 38.0 Å². The molecule has 1 nitrogen and oxygen atoms in total. The highest BCUT2D eigenvalue weighted by Gasteiger charge is 2.48. The van der Waals surface area contributed by atoms with Crippen LogP contribution in [0.15, 0.2) is 18.2 Å². The standard InChI is InChI=1S/C16H19ClO/c17-15-8-13(18)1-2-14(15)16-11-4-9-3-10(6-11)7-12(16)5-9/h1-2,8-12,16,18H,3-7H2. The van der Waals surface area contributed by atoms with Gasteiger partial charge in [-0.2, -0.15) is 0 Å². The van der Waals surface area contributed by atoms with Gasteiger partial charge in [-0.05, 0) is 79.4 Å². The first kappa shape index (κ1) is 11.2. The molecule has 18 heavy (non-hydrogen) atoms. The summed E-state index contributed by atoms with van der Waals surface area (Å²) in [6.07, 6.45) is 7.14. The van der Waals surface area contributed by atoms with Crippen LogP contribution in [0.4, 0.5) is 0 Å². The van der Waals surface area contributed by atoms with Gasteiger partial charge in [0.05, 0.1) is 0 Å². The number of benzene rings is 1. The number of rotatable bonds is 1. The molecule has 4 fully saturated rings. The zero-order valence-corrected chi connectivity index (χ0v) is 11.2. The van der Waals surface area contributed by atoms with Gasteiger partial charge in [-0.25, -0.2) is 0 Å². The van der Waals surface area contributed by atoms with E-state index in [4.69, 9.17) is 11.6 Å². The molecule has 0 amide bonds. The Balaban J connectivity index is 1.72. The largest absolute Gasteiger partial charge is 0.508 e. The van der Waals surface area contributed by atoms with Crippen molar-refractivity contribution in [3.05, 3.63) is 28.8 Å². The minimum absolute atomic E-state index is 0.285. The van der Waals surface area contributed by atoms with E-state index in [-0.39, 0.29) is 5.75 Å². The van der Waals surface area contributed by atoms with Gasteiger partial charge in [0.25, 0.3) is 0 Å². The molecule has 1 aromatic carbocycles. The minimum Gasteiger partial charge on any atom is -0.508 e. The topological polar surface area (TPSA) is 20.2 Å². The first-order valence-electron chi connectivity index (χ1n) is 7.19. The molecule has 0 unspecified atom stereocenters. The average molecular weight is 263 g/mol. The van der Waals surface area contributed by atoms with Crippen LogP contribution in [0.5, 0.6) is 5.75 Å². The molecule has 96 valence electrons. The second-order valence-corrected chi connectivity index (χ2v) is 7.07. The molecule has 0 heterocycles. The second-order valence-electron chi connectivity index (χ2n) is 6.66. The summed E-state index contributed by atoms with van der Waals surface area (Å²) in [5.41, 5.74) is 1.29. The second kappa shape index (κ2) is 3.90. The predicted octanol–water partition coefficient (Wildman–Crippen LogP) is 4.59. The molecule has 5 rings (SSSR count). The maximum atomic E-state index is 9.50. The first-order valence-corrected chi connectivity index (χ1v) is 7.57. The predicted molar refractivity (Wildman–Crippen MR) is 72.9 cm³/mol. The fraction of sp³-hybridized carbons (Fsp3) is 0.625. The van der Waals surface area contributed by atoms with Crippen molar-refractivity contribution in [2.75, 3.05) is 0 Å². The van der Waals surface area contributed by atoms with Crippen LogP contribution in [0.2, 0.25) is 5.02 Å². The molecule has 4 aliphatic rings. The Morgan fingerprint density at radius 3 is 2.11 bits per heavy atom. The molecule has 0 spiro atoms. The number of halogens is 1. The molecule has 0 saturated heterocycles. The van der Waals surface area contributed by atoms with Crippen molar-refractivity contribution in [3.63, 3.8) is 0 Å². The van der Waals surface area contributed by atoms with Crippen LogP contribution < -0.4 is 0 Å². The molecule has 1 aromatic rings. The van der Waals surface area contributed by atoms with Crippen molar-refractivity contribution in [3.8, 4) is 5.75 Å². The number of aromatic hydroxyl groups is 1. The van der Waals surface area contributed by atoms with Gasteiger partial charge in [-0.15, -0.1) is 0 Å². The zero-order valence-electron chi connectivity index (χ0n) is 10.5. The van der Waals surface area contributed by atoms with Crippen LogP contribution in [0.1, 0.15) is 43.6 Å².